The van der Waals surface area contributed by atoms with Crippen molar-refractivity contribution in [3.63, 3.8) is 0 Å². The molecule has 0 saturated carbocycles. The second-order valence-electron chi connectivity index (χ2n) is 6.39. The Morgan fingerprint density at radius 1 is 1.29 bits per heavy atom. The maximum absolute atomic E-state index is 6.10. The van der Waals surface area contributed by atoms with E-state index in [2.05, 4.69) is 10.3 Å². The molecule has 0 radical (unpaired) electrons. The summed E-state index contributed by atoms with van der Waals surface area (Å²) in [7, 11) is 1.53. The molecular weight excluding hydrogens is 265 g/mol. The van der Waals surface area contributed by atoms with E-state index in [1.165, 1.54) is 0 Å². The fraction of sp³-hybridized carbons (Fsp3) is 0.533. The van der Waals surface area contributed by atoms with Crippen LogP contribution in [0, 0.1) is 0 Å². The van der Waals surface area contributed by atoms with Crippen LogP contribution in [0.3, 0.4) is 0 Å². The van der Waals surface area contributed by atoms with Crippen molar-refractivity contribution in [2.75, 3.05) is 19.3 Å². The molecule has 1 saturated heterocycles. The Balaban J connectivity index is 2.28. The Morgan fingerprint density at radius 2 is 1.90 bits per heavy atom. The van der Waals surface area contributed by atoms with E-state index in [9.17, 15) is 0 Å². The van der Waals surface area contributed by atoms with E-state index >= 15 is 0 Å². The Morgan fingerprint density at radius 3 is 2.43 bits per heavy atom. The van der Waals surface area contributed by atoms with Crippen LogP contribution in [0.1, 0.15) is 33.3 Å². The molecule has 21 heavy (non-hydrogen) atoms. The first-order valence-electron chi connectivity index (χ1n) is 7.16. The molecule has 0 spiro atoms. The van der Waals surface area contributed by atoms with Gasteiger partial charge in [-0.3, -0.25) is 4.98 Å². The zero-order valence-corrected chi connectivity index (χ0v) is 13.4. The molecule has 0 bridgehead atoms. The largest absolute Gasteiger partial charge is 0.491 e. The summed E-state index contributed by atoms with van der Waals surface area (Å²) in [6.07, 6.45) is 5.42. The highest BCUT2D eigenvalue weighted by Crippen LogP contribution is 2.38. The third-order valence-corrected chi connectivity index (χ3v) is 4.07. The molecule has 114 valence electrons. The van der Waals surface area contributed by atoms with Gasteiger partial charge >= 0.3 is 7.12 Å². The molecule has 2 heterocycles. The Bertz CT molecular complexity index is 527. The smallest absolute Gasteiger partial charge is 0.400 e. The first kappa shape index (κ1) is 16.0. The molecular formula is C15H24BN3O2. The predicted molar refractivity (Wildman–Crippen MR) is 86.6 cm³/mol. The van der Waals surface area contributed by atoms with Gasteiger partial charge in [-0.1, -0.05) is 6.08 Å². The summed E-state index contributed by atoms with van der Waals surface area (Å²) in [6, 6.07) is 1.88. The topological polar surface area (TPSA) is 69.4 Å². The minimum Gasteiger partial charge on any atom is -0.400 e. The molecule has 2 rings (SSSR count). The summed E-state index contributed by atoms with van der Waals surface area (Å²) < 4.78 is 12.2. The van der Waals surface area contributed by atoms with Gasteiger partial charge in [0.1, 0.15) is 0 Å². The van der Waals surface area contributed by atoms with Crippen molar-refractivity contribution in [3.8, 4) is 0 Å². The Kier molecular flexibility index (Phi) is 4.42. The molecule has 1 aliphatic rings. The number of anilines is 1. The van der Waals surface area contributed by atoms with Gasteiger partial charge in [-0.2, -0.15) is 0 Å². The molecule has 6 heteroatoms. The number of nitrogens with zero attached hydrogens (tertiary/aromatic N) is 1. The summed E-state index contributed by atoms with van der Waals surface area (Å²) in [5.74, 6) is 0. The Hall–Kier alpha value is -1.37. The number of hydrogen-bond acceptors (Lipinski definition) is 5. The monoisotopic (exact) mass is 289 g/mol. The highest BCUT2D eigenvalue weighted by molar-refractivity contribution is 6.55. The Labute approximate surface area is 127 Å². The maximum atomic E-state index is 6.10. The van der Waals surface area contributed by atoms with Crippen LogP contribution in [-0.2, 0) is 9.31 Å². The molecule has 1 aromatic heterocycles. The molecule has 0 unspecified atom stereocenters. The van der Waals surface area contributed by atoms with Crippen LogP contribution in [0.15, 0.2) is 23.9 Å². The van der Waals surface area contributed by atoms with Crippen LogP contribution in [0.5, 0.6) is 0 Å². The van der Waals surface area contributed by atoms with E-state index in [1.807, 2.05) is 46.9 Å². The first-order valence-corrected chi connectivity index (χ1v) is 7.16. The molecule has 1 aliphatic heterocycles. The van der Waals surface area contributed by atoms with E-state index in [1.54, 1.807) is 12.4 Å². The zero-order valence-electron chi connectivity index (χ0n) is 13.4. The number of hydrogen-bond donors (Lipinski definition) is 2. The second kappa shape index (κ2) is 5.79. The third-order valence-electron chi connectivity index (χ3n) is 4.07. The van der Waals surface area contributed by atoms with Gasteiger partial charge in [-0.25, -0.2) is 0 Å². The van der Waals surface area contributed by atoms with Crippen LogP contribution in [-0.4, -0.2) is 36.9 Å². The highest BCUT2D eigenvalue weighted by atomic mass is 16.7. The lowest BCUT2D eigenvalue weighted by atomic mass is 9.77. The molecule has 0 aromatic carbocycles. The number of pyridine rings is 1. The number of rotatable bonds is 4. The van der Waals surface area contributed by atoms with Crippen LogP contribution >= 0.6 is 0 Å². The molecule has 0 aliphatic carbocycles. The van der Waals surface area contributed by atoms with Crippen LogP contribution in [0.4, 0.5) is 5.69 Å². The summed E-state index contributed by atoms with van der Waals surface area (Å²) >= 11 is 0. The van der Waals surface area contributed by atoms with Gasteiger partial charge in [0.05, 0.1) is 16.9 Å². The molecule has 5 nitrogen and oxygen atoms in total. The zero-order chi connectivity index (χ0) is 15.7. The van der Waals surface area contributed by atoms with Gasteiger partial charge in [0, 0.05) is 18.9 Å². The fourth-order valence-corrected chi connectivity index (χ4v) is 2.17. The fourth-order valence-electron chi connectivity index (χ4n) is 2.17. The lowest BCUT2D eigenvalue weighted by Crippen LogP contribution is -2.41. The van der Waals surface area contributed by atoms with E-state index < -0.39 is 0 Å². The lowest BCUT2D eigenvalue weighted by Gasteiger charge is -2.32. The van der Waals surface area contributed by atoms with Gasteiger partial charge in [0.2, 0.25) is 0 Å². The van der Waals surface area contributed by atoms with Crippen molar-refractivity contribution in [1.82, 2.24) is 10.3 Å². The van der Waals surface area contributed by atoms with Crippen molar-refractivity contribution in [2.24, 2.45) is 0 Å². The van der Waals surface area contributed by atoms with Crippen LogP contribution in [0.2, 0.25) is 0 Å². The molecule has 0 atom stereocenters. The number of nitrogens with one attached hydrogen (secondary N) is 1. The lowest BCUT2D eigenvalue weighted by molar-refractivity contribution is 0.00578. The molecule has 1 aromatic rings. The molecule has 1 fully saturated rings. The third kappa shape index (κ3) is 3.45. The van der Waals surface area contributed by atoms with Crippen molar-refractivity contribution in [3.05, 3.63) is 29.5 Å². The normalized spacial score (nSPS) is 20.8. The van der Waals surface area contributed by atoms with Gasteiger partial charge in [0.25, 0.3) is 0 Å². The average Bonchev–Trinajstić information content (AvgIpc) is 2.58. The summed E-state index contributed by atoms with van der Waals surface area (Å²) in [4.78, 5) is 4.11. The minimum absolute atomic E-state index is 0.349. The number of likely N-dealkylation sites (N-methyl/N-ethyl adjacent to an activating group) is 1. The quantitative estimate of drug-likeness (QED) is 0.828. The number of nitrogens with two attached hydrogens (primary N) is 1. The van der Waals surface area contributed by atoms with E-state index in [4.69, 9.17) is 15.0 Å². The SMILES string of the molecule is CNCC(=Cc1cncc(N)c1)B1OC(C)(C)C(C)(C)O1. The van der Waals surface area contributed by atoms with Crippen LogP contribution < -0.4 is 11.1 Å². The van der Waals surface area contributed by atoms with E-state index in [0.717, 1.165) is 11.0 Å². The molecule has 0 amide bonds. The maximum Gasteiger partial charge on any atom is 0.491 e. The molecule has 3 N–H and O–H groups in total. The van der Waals surface area contributed by atoms with Crippen molar-refractivity contribution < 1.29 is 9.31 Å². The van der Waals surface area contributed by atoms with Gasteiger partial charge in [-0.05, 0) is 51.8 Å². The van der Waals surface area contributed by atoms with Gasteiger partial charge < -0.3 is 20.4 Å². The van der Waals surface area contributed by atoms with Gasteiger partial charge in [-0.15, -0.1) is 0 Å². The summed E-state index contributed by atoms with van der Waals surface area (Å²) in [5.41, 5.74) is 7.68. The predicted octanol–water partition coefficient (Wildman–Crippen LogP) is 1.90. The van der Waals surface area contributed by atoms with Crippen molar-refractivity contribution >= 4 is 18.9 Å². The number of nitrogen functional groups attached to an aromatic ring is 1. The average molecular weight is 289 g/mol. The number of aromatic nitrogens is 1. The first-order chi connectivity index (χ1) is 9.75. The van der Waals surface area contributed by atoms with Crippen LogP contribution in [0.25, 0.3) is 6.08 Å². The van der Waals surface area contributed by atoms with Gasteiger partial charge in [0.15, 0.2) is 0 Å². The van der Waals surface area contributed by atoms with Crippen molar-refractivity contribution in [2.45, 2.75) is 38.9 Å². The van der Waals surface area contributed by atoms with E-state index in [-0.39, 0.29) is 18.3 Å². The second-order valence-corrected chi connectivity index (χ2v) is 6.39. The minimum atomic E-state index is -0.371. The standard InChI is InChI=1S/C15H24BN3O2/c1-14(2)15(3,4)21-16(20-14)12(9-18-5)6-11-7-13(17)10-19-8-11/h6-8,10,18H,9,17H2,1-5H3. The highest BCUT2D eigenvalue weighted by Gasteiger charge is 2.52. The van der Waals surface area contributed by atoms with Crippen molar-refractivity contribution in [1.29, 1.82) is 0 Å². The summed E-state index contributed by atoms with van der Waals surface area (Å²) in [5, 5.41) is 3.15. The summed E-state index contributed by atoms with van der Waals surface area (Å²) in [6.45, 7) is 8.86. The van der Waals surface area contributed by atoms with E-state index in [0.29, 0.717) is 12.2 Å².